The Hall–Kier alpha value is -4.11. The van der Waals surface area contributed by atoms with Crippen LogP contribution in [-0.4, -0.2) is 21.1 Å². The minimum Gasteiger partial charge on any atom is -0.434 e. The fraction of sp³-hybridized carbons (Fsp3) is 0. The molecule has 0 amide bonds. The summed E-state index contributed by atoms with van der Waals surface area (Å²) in [7, 11) is 0. The van der Waals surface area contributed by atoms with Crippen LogP contribution in [0.25, 0.3) is 11.3 Å². The Kier molecular flexibility index (Phi) is 5.72. The van der Waals surface area contributed by atoms with Crippen molar-refractivity contribution in [1.82, 2.24) is 9.97 Å². The number of ether oxygens (including phenoxy) is 1. The topological polar surface area (TPSA) is 103 Å². The Morgan fingerprint density at radius 1 is 1.07 bits per heavy atom. The fourth-order valence-corrected chi connectivity index (χ4v) is 3.23. The van der Waals surface area contributed by atoms with Gasteiger partial charge in [0.2, 0.25) is 5.13 Å². The summed E-state index contributed by atoms with van der Waals surface area (Å²) in [5.74, 6) is 0.387. The average Bonchev–Trinajstić information content (AvgIpc) is 3.25. The molecule has 0 aliphatic heterocycles. The van der Waals surface area contributed by atoms with E-state index in [1.165, 1.54) is 29.7 Å². The number of nitrogens with one attached hydrogen (secondary N) is 1. The lowest BCUT2D eigenvalue weighted by molar-refractivity contribution is -0.386. The summed E-state index contributed by atoms with van der Waals surface area (Å²) in [4.78, 5) is 18.9. The zero-order valence-electron chi connectivity index (χ0n) is 15.5. The molecule has 0 fully saturated rings. The summed E-state index contributed by atoms with van der Waals surface area (Å²) < 4.78 is 5.52. The number of hydrazone groups is 1. The van der Waals surface area contributed by atoms with Gasteiger partial charge in [0, 0.05) is 23.2 Å². The number of hydrogen-bond acceptors (Lipinski definition) is 8. The predicted octanol–water partition coefficient (Wildman–Crippen LogP) is 5.35. The van der Waals surface area contributed by atoms with Gasteiger partial charge in [-0.15, -0.1) is 11.3 Å². The number of anilines is 1. The van der Waals surface area contributed by atoms with Gasteiger partial charge in [0.25, 0.3) is 5.88 Å². The lowest BCUT2D eigenvalue weighted by atomic mass is 10.2. The highest BCUT2D eigenvalue weighted by molar-refractivity contribution is 7.14. The van der Waals surface area contributed by atoms with Gasteiger partial charge in [-0.2, -0.15) is 5.10 Å². The van der Waals surface area contributed by atoms with Crippen LogP contribution in [0.1, 0.15) is 5.56 Å². The van der Waals surface area contributed by atoms with Crippen molar-refractivity contribution in [2.45, 2.75) is 0 Å². The number of benzene rings is 2. The molecule has 0 radical (unpaired) electrons. The second kappa shape index (κ2) is 8.93. The van der Waals surface area contributed by atoms with E-state index in [4.69, 9.17) is 4.74 Å². The SMILES string of the molecule is O=[N+]([O-])c1cccnc1Oc1ccc(C=NNc2nc(-c3ccccc3)cs2)cc1. The van der Waals surface area contributed by atoms with Crippen LogP contribution in [-0.2, 0) is 0 Å². The van der Waals surface area contributed by atoms with Gasteiger partial charge >= 0.3 is 5.69 Å². The maximum Gasteiger partial charge on any atom is 0.331 e. The molecule has 0 atom stereocenters. The normalized spacial score (nSPS) is 10.8. The highest BCUT2D eigenvalue weighted by Gasteiger charge is 2.16. The molecule has 0 saturated heterocycles. The highest BCUT2D eigenvalue weighted by Crippen LogP contribution is 2.28. The van der Waals surface area contributed by atoms with E-state index < -0.39 is 4.92 Å². The molecule has 0 unspecified atom stereocenters. The maximum atomic E-state index is 11.0. The van der Waals surface area contributed by atoms with E-state index in [0.29, 0.717) is 10.9 Å². The Labute approximate surface area is 175 Å². The van der Waals surface area contributed by atoms with E-state index in [-0.39, 0.29) is 11.6 Å². The number of rotatable bonds is 7. The van der Waals surface area contributed by atoms with Crippen molar-refractivity contribution in [3.8, 4) is 22.9 Å². The van der Waals surface area contributed by atoms with Gasteiger partial charge in [-0.1, -0.05) is 30.3 Å². The number of nitrogens with zero attached hydrogens (tertiary/aromatic N) is 4. The van der Waals surface area contributed by atoms with Crippen LogP contribution in [0.5, 0.6) is 11.6 Å². The van der Waals surface area contributed by atoms with E-state index in [1.54, 1.807) is 30.5 Å². The molecular weight excluding hydrogens is 402 g/mol. The fourth-order valence-electron chi connectivity index (χ4n) is 2.56. The number of aromatic nitrogens is 2. The van der Waals surface area contributed by atoms with Crippen molar-refractivity contribution in [2.75, 3.05) is 5.43 Å². The Balaban J connectivity index is 1.38. The molecule has 4 aromatic rings. The summed E-state index contributed by atoms with van der Waals surface area (Å²) in [5.41, 5.74) is 5.50. The molecule has 1 N–H and O–H groups in total. The molecule has 0 spiro atoms. The third-order valence-corrected chi connectivity index (χ3v) is 4.74. The summed E-state index contributed by atoms with van der Waals surface area (Å²) >= 11 is 1.47. The van der Waals surface area contributed by atoms with E-state index in [9.17, 15) is 10.1 Å². The van der Waals surface area contributed by atoms with E-state index >= 15 is 0 Å². The maximum absolute atomic E-state index is 11.0. The molecular formula is C21H15N5O3S. The largest absolute Gasteiger partial charge is 0.434 e. The van der Waals surface area contributed by atoms with Gasteiger partial charge in [0.1, 0.15) is 5.75 Å². The van der Waals surface area contributed by atoms with Crippen LogP contribution in [0.3, 0.4) is 0 Å². The second-order valence-corrected chi connectivity index (χ2v) is 6.89. The first kappa shape index (κ1) is 19.2. The molecule has 0 bridgehead atoms. The summed E-state index contributed by atoms with van der Waals surface area (Å²) in [6.45, 7) is 0. The molecule has 2 heterocycles. The van der Waals surface area contributed by atoms with Crippen LogP contribution < -0.4 is 10.2 Å². The van der Waals surface area contributed by atoms with Gasteiger partial charge in [-0.05, 0) is 35.9 Å². The van der Waals surface area contributed by atoms with Crippen LogP contribution in [0.15, 0.2) is 83.4 Å². The standard InChI is InChI=1S/C21H15N5O3S/c27-26(28)19-7-4-12-22-20(19)29-17-10-8-15(9-11-17)13-23-25-21-24-18(14-30-21)16-5-2-1-3-6-16/h1-14H,(H,24,25). The van der Waals surface area contributed by atoms with Crippen molar-refractivity contribution in [1.29, 1.82) is 0 Å². The van der Waals surface area contributed by atoms with Gasteiger partial charge in [0.05, 0.1) is 16.8 Å². The van der Waals surface area contributed by atoms with E-state index in [2.05, 4.69) is 20.5 Å². The zero-order chi connectivity index (χ0) is 20.8. The Bertz CT molecular complexity index is 1180. The molecule has 2 aromatic carbocycles. The quantitative estimate of drug-likeness (QED) is 0.247. The lowest BCUT2D eigenvalue weighted by Gasteiger charge is -2.05. The minimum atomic E-state index is -0.531. The molecule has 4 rings (SSSR count). The second-order valence-electron chi connectivity index (χ2n) is 6.03. The number of hydrogen-bond donors (Lipinski definition) is 1. The predicted molar refractivity (Wildman–Crippen MR) is 116 cm³/mol. The number of nitro groups is 1. The van der Waals surface area contributed by atoms with Crippen LogP contribution >= 0.6 is 11.3 Å². The molecule has 9 heteroatoms. The first-order chi connectivity index (χ1) is 14.7. The van der Waals surface area contributed by atoms with Crippen LogP contribution in [0, 0.1) is 10.1 Å². The zero-order valence-corrected chi connectivity index (χ0v) is 16.3. The van der Waals surface area contributed by atoms with E-state index in [0.717, 1.165) is 16.8 Å². The third-order valence-electron chi connectivity index (χ3n) is 3.99. The lowest BCUT2D eigenvalue weighted by Crippen LogP contribution is -1.95. The van der Waals surface area contributed by atoms with E-state index in [1.807, 2.05) is 35.7 Å². The van der Waals surface area contributed by atoms with Crippen molar-refractivity contribution >= 4 is 28.4 Å². The summed E-state index contributed by atoms with van der Waals surface area (Å²) in [5, 5.41) is 17.9. The van der Waals surface area contributed by atoms with Crippen molar-refractivity contribution in [3.63, 3.8) is 0 Å². The van der Waals surface area contributed by atoms with Gasteiger partial charge in [0.15, 0.2) is 0 Å². The molecule has 30 heavy (non-hydrogen) atoms. The average molecular weight is 417 g/mol. The Morgan fingerprint density at radius 2 is 1.87 bits per heavy atom. The molecule has 0 aliphatic carbocycles. The minimum absolute atomic E-state index is 0.0522. The first-order valence-electron chi connectivity index (χ1n) is 8.86. The van der Waals surface area contributed by atoms with Crippen molar-refractivity contribution in [2.24, 2.45) is 5.10 Å². The molecule has 0 saturated carbocycles. The molecule has 148 valence electrons. The highest BCUT2D eigenvalue weighted by atomic mass is 32.1. The first-order valence-corrected chi connectivity index (χ1v) is 9.74. The van der Waals surface area contributed by atoms with Gasteiger partial charge < -0.3 is 4.74 Å². The third kappa shape index (κ3) is 4.65. The van der Waals surface area contributed by atoms with Gasteiger partial charge in [-0.3, -0.25) is 15.5 Å². The summed E-state index contributed by atoms with van der Waals surface area (Å²) in [6, 6.07) is 19.7. The van der Waals surface area contributed by atoms with Gasteiger partial charge in [-0.25, -0.2) is 9.97 Å². The number of pyridine rings is 1. The monoisotopic (exact) mass is 417 g/mol. The van der Waals surface area contributed by atoms with Crippen molar-refractivity contribution in [3.05, 3.63) is 94.0 Å². The van der Waals surface area contributed by atoms with Crippen LogP contribution in [0.2, 0.25) is 0 Å². The Morgan fingerprint density at radius 3 is 2.63 bits per heavy atom. The number of thiazole rings is 1. The van der Waals surface area contributed by atoms with Crippen molar-refractivity contribution < 1.29 is 9.66 Å². The molecule has 8 nitrogen and oxygen atoms in total. The molecule has 0 aliphatic rings. The molecule has 2 aromatic heterocycles. The van der Waals surface area contributed by atoms with Crippen LogP contribution in [0.4, 0.5) is 10.8 Å². The smallest absolute Gasteiger partial charge is 0.331 e. The summed E-state index contributed by atoms with van der Waals surface area (Å²) in [6.07, 6.45) is 3.09.